The van der Waals surface area contributed by atoms with Crippen LogP contribution in [-0.2, 0) is 16.0 Å². The van der Waals surface area contributed by atoms with Crippen molar-refractivity contribution in [2.45, 2.75) is 32.3 Å². The largest absolute Gasteiger partial charge is 0.368 e. The van der Waals surface area contributed by atoms with Crippen molar-refractivity contribution in [2.24, 2.45) is 0 Å². The molecule has 6 nitrogen and oxygen atoms in total. The third-order valence-corrected chi connectivity index (χ3v) is 3.64. The number of aromatic nitrogens is 2. The number of benzene rings is 1. The van der Waals surface area contributed by atoms with Crippen molar-refractivity contribution >= 4 is 5.91 Å². The molecule has 1 aliphatic rings. The minimum atomic E-state index is -0.300. The van der Waals surface area contributed by atoms with E-state index in [1.807, 2.05) is 31.2 Å². The van der Waals surface area contributed by atoms with Gasteiger partial charge in [-0.3, -0.25) is 4.79 Å². The van der Waals surface area contributed by atoms with Gasteiger partial charge < -0.3 is 14.6 Å². The van der Waals surface area contributed by atoms with Crippen LogP contribution in [-0.4, -0.2) is 35.3 Å². The van der Waals surface area contributed by atoms with Crippen molar-refractivity contribution in [3.63, 3.8) is 0 Å². The number of carbonyl (C=O) groups excluding carboxylic acids is 1. The van der Waals surface area contributed by atoms with Crippen molar-refractivity contribution < 1.29 is 14.1 Å². The fraction of sp³-hybridized carbons (Fsp3) is 0.438. The van der Waals surface area contributed by atoms with E-state index in [4.69, 9.17) is 9.26 Å². The van der Waals surface area contributed by atoms with Gasteiger partial charge in [-0.1, -0.05) is 35.0 Å². The molecule has 1 aromatic heterocycles. The Morgan fingerprint density at radius 3 is 2.91 bits per heavy atom. The maximum absolute atomic E-state index is 11.8. The highest BCUT2D eigenvalue weighted by atomic mass is 16.5. The molecule has 1 saturated heterocycles. The van der Waals surface area contributed by atoms with Crippen molar-refractivity contribution in [1.82, 2.24) is 15.5 Å². The highest BCUT2D eigenvalue weighted by molar-refractivity contribution is 5.80. The minimum Gasteiger partial charge on any atom is -0.368 e. The molecule has 0 bridgehead atoms. The van der Waals surface area contributed by atoms with Crippen molar-refractivity contribution in [1.29, 1.82) is 0 Å². The fourth-order valence-electron chi connectivity index (χ4n) is 2.37. The van der Waals surface area contributed by atoms with Crippen LogP contribution in [0.3, 0.4) is 0 Å². The quantitative estimate of drug-likeness (QED) is 0.912. The van der Waals surface area contributed by atoms with Crippen LogP contribution in [0.25, 0.3) is 11.4 Å². The molecule has 2 heterocycles. The first-order valence-corrected chi connectivity index (χ1v) is 7.51. The molecule has 1 N–H and O–H groups in total. The Morgan fingerprint density at radius 1 is 1.36 bits per heavy atom. The molecule has 1 amide bonds. The Balaban J connectivity index is 1.51. The van der Waals surface area contributed by atoms with E-state index < -0.39 is 0 Å². The number of amides is 1. The summed E-state index contributed by atoms with van der Waals surface area (Å²) in [6.45, 7) is 3.16. The number of carbonyl (C=O) groups is 1. The summed E-state index contributed by atoms with van der Waals surface area (Å²) in [4.78, 5) is 16.1. The van der Waals surface area contributed by atoms with E-state index in [0.29, 0.717) is 31.3 Å². The van der Waals surface area contributed by atoms with E-state index in [-0.39, 0.29) is 12.0 Å². The number of hydrogen-bond donors (Lipinski definition) is 1. The van der Waals surface area contributed by atoms with Crippen LogP contribution >= 0.6 is 0 Å². The van der Waals surface area contributed by atoms with Crippen LogP contribution < -0.4 is 5.32 Å². The third-order valence-electron chi connectivity index (χ3n) is 3.64. The summed E-state index contributed by atoms with van der Waals surface area (Å²) >= 11 is 0. The van der Waals surface area contributed by atoms with Crippen LogP contribution in [0, 0.1) is 6.92 Å². The Morgan fingerprint density at radius 2 is 2.18 bits per heavy atom. The zero-order chi connectivity index (χ0) is 15.4. The molecule has 1 aliphatic heterocycles. The zero-order valence-corrected chi connectivity index (χ0v) is 12.5. The average Bonchev–Trinajstić information content (AvgIpc) is 3.19. The summed E-state index contributed by atoms with van der Waals surface area (Å²) in [7, 11) is 0. The molecule has 6 heteroatoms. The highest BCUT2D eigenvalue weighted by Gasteiger charge is 2.23. The van der Waals surface area contributed by atoms with Gasteiger partial charge in [0.1, 0.15) is 6.10 Å². The molecule has 0 spiro atoms. The van der Waals surface area contributed by atoms with Crippen LogP contribution in [0.4, 0.5) is 0 Å². The van der Waals surface area contributed by atoms with E-state index in [0.717, 1.165) is 18.4 Å². The lowest BCUT2D eigenvalue weighted by molar-refractivity contribution is -0.130. The van der Waals surface area contributed by atoms with E-state index in [2.05, 4.69) is 15.5 Å². The Hall–Kier alpha value is -2.21. The fourth-order valence-corrected chi connectivity index (χ4v) is 2.37. The minimum absolute atomic E-state index is 0.0595. The summed E-state index contributed by atoms with van der Waals surface area (Å²) in [5, 5.41) is 6.81. The van der Waals surface area contributed by atoms with Crippen LogP contribution in [0.1, 0.15) is 24.3 Å². The first-order chi connectivity index (χ1) is 10.7. The van der Waals surface area contributed by atoms with E-state index in [1.165, 1.54) is 5.56 Å². The number of hydrogen-bond acceptors (Lipinski definition) is 5. The van der Waals surface area contributed by atoms with Gasteiger partial charge in [0.2, 0.25) is 17.6 Å². The van der Waals surface area contributed by atoms with Gasteiger partial charge >= 0.3 is 0 Å². The van der Waals surface area contributed by atoms with Gasteiger partial charge in [-0.05, 0) is 19.8 Å². The van der Waals surface area contributed by atoms with Gasteiger partial charge in [0, 0.05) is 25.1 Å². The predicted molar refractivity (Wildman–Crippen MR) is 80.2 cm³/mol. The highest BCUT2D eigenvalue weighted by Crippen LogP contribution is 2.16. The summed E-state index contributed by atoms with van der Waals surface area (Å²) < 4.78 is 10.5. The topological polar surface area (TPSA) is 77.2 Å². The SMILES string of the molecule is Cc1ccc(-c2noc(CCNC(=O)[C@@H]3CCCO3)n2)cc1. The number of ether oxygens (including phenoxy) is 1. The first kappa shape index (κ1) is 14.7. The van der Waals surface area contributed by atoms with E-state index >= 15 is 0 Å². The van der Waals surface area contributed by atoms with Gasteiger partial charge in [0.05, 0.1) is 0 Å². The summed E-state index contributed by atoms with van der Waals surface area (Å²) in [6, 6.07) is 7.94. The monoisotopic (exact) mass is 301 g/mol. The van der Waals surface area contributed by atoms with Crippen molar-refractivity contribution in [2.75, 3.05) is 13.2 Å². The lowest BCUT2D eigenvalue weighted by atomic mass is 10.1. The zero-order valence-electron chi connectivity index (χ0n) is 12.5. The second-order valence-electron chi connectivity index (χ2n) is 5.42. The maximum Gasteiger partial charge on any atom is 0.249 e. The Bertz CT molecular complexity index is 630. The molecule has 1 aromatic carbocycles. The molecular formula is C16H19N3O3. The normalized spacial score (nSPS) is 17.6. The standard InChI is InChI=1S/C16H19N3O3/c1-11-4-6-12(7-5-11)15-18-14(22-19-15)8-9-17-16(20)13-3-2-10-21-13/h4-7,13H,2-3,8-10H2,1H3,(H,17,20)/t13-/m0/s1. The molecule has 3 rings (SSSR count). The molecule has 0 unspecified atom stereocenters. The number of aryl methyl sites for hydroxylation is 1. The summed E-state index contributed by atoms with van der Waals surface area (Å²) in [5.74, 6) is 1.03. The average molecular weight is 301 g/mol. The van der Waals surface area contributed by atoms with Crippen LogP contribution in [0.2, 0.25) is 0 Å². The van der Waals surface area contributed by atoms with Crippen LogP contribution in [0.5, 0.6) is 0 Å². The maximum atomic E-state index is 11.8. The van der Waals surface area contributed by atoms with Gasteiger partial charge in [-0.15, -0.1) is 0 Å². The smallest absolute Gasteiger partial charge is 0.249 e. The van der Waals surface area contributed by atoms with Gasteiger partial charge in [-0.25, -0.2) is 0 Å². The first-order valence-electron chi connectivity index (χ1n) is 7.51. The summed E-state index contributed by atoms with van der Waals surface area (Å²) in [6.07, 6.45) is 1.95. The van der Waals surface area contributed by atoms with Crippen LogP contribution in [0.15, 0.2) is 28.8 Å². The molecule has 1 fully saturated rings. The second-order valence-corrected chi connectivity index (χ2v) is 5.42. The Kier molecular flexibility index (Phi) is 4.48. The molecular weight excluding hydrogens is 282 g/mol. The lowest BCUT2D eigenvalue weighted by Crippen LogP contribution is -2.35. The van der Waals surface area contributed by atoms with Crippen molar-refractivity contribution in [3.8, 4) is 11.4 Å². The number of rotatable bonds is 5. The number of nitrogens with one attached hydrogen (secondary N) is 1. The van der Waals surface area contributed by atoms with E-state index in [9.17, 15) is 4.79 Å². The van der Waals surface area contributed by atoms with Crippen molar-refractivity contribution in [3.05, 3.63) is 35.7 Å². The Labute approximate surface area is 128 Å². The third kappa shape index (κ3) is 3.51. The second kappa shape index (κ2) is 6.70. The molecule has 116 valence electrons. The molecule has 0 radical (unpaired) electrons. The molecule has 2 aromatic rings. The van der Waals surface area contributed by atoms with E-state index in [1.54, 1.807) is 0 Å². The summed E-state index contributed by atoms with van der Waals surface area (Å²) in [5.41, 5.74) is 2.10. The number of nitrogens with zero attached hydrogens (tertiary/aromatic N) is 2. The van der Waals surface area contributed by atoms with Gasteiger partial charge in [0.15, 0.2) is 0 Å². The molecule has 0 saturated carbocycles. The lowest BCUT2D eigenvalue weighted by Gasteiger charge is -2.08. The predicted octanol–water partition coefficient (Wildman–Crippen LogP) is 1.88. The molecule has 22 heavy (non-hydrogen) atoms. The molecule has 0 aliphatic carbocycles. The van der Waals surface area contributed by atoms with Gasteiger partial charge in [0.25, 0.3) is 0 Å². The van der Waals surface area contributed by atoms with Gasteiger partial charge in [-0.2, -0.15) is 4.98 Å². The molecule has 1 atom stereocenters.